The highest BCUT2D eigenvalue weighted by Crippen LogP contribution is 2.11. The van der Waals surface area contributed by atoms with Crippen molar-refractivity contribution in [2.75, 3.05) is 11.9 Å². The summed E-state index contributed by atoms with van der Waals surface area (Å²) in [5, 5.41) is 2.58. The quantitative estimate of drug-likeness (QED) is 0.703. The molecule has 1 rings (SSSR count). The van der Waals surface area contributed by atoms with E-state index in [1.54, 1.807) is 12.1 Å². The maximum atomic E-state index is 11.0. The highest BCUT2D eigenvalue weighted by Gasteiger charge is 2.02. The zero-order valence-corrected chi connectivity index (χ0v) is 6.96. The Morgan fingerprint density at radius 1 is 1.67 bits per heavy atom. The average Bonchev–Trinajstić information content (AvgIpc) is 2.36. The van der Waals surface area contributed by atoms with Crippen molar-refractivity contribution in [2.45, 2.75) is 13.3 Å². The summed E-state index contributed by atoms with van der Waals surface area (Å²) in [6, 6.07) is 3.50. The molecular formula is C8H12N2O2. The van der Waals surface area contributed by atoms with E-state index >= 15 is 0 Å². The van der Waals surface area contributed by atoms with E-state index in [9.17, 15) is 4.79 Å². The van der Waals surface area contributed by atoms with Gasteiger partial charge in [-0.15, -0.1) is 0 Å². The van der Waals surface area contributed by atoms with Crippen LogP contribution in [-0.4, -0.2) is 12.5 Å². The summed E-state index contributed by atoms with van der Waals surface area (Å²) in [6.45, 7) is 2.17. The van der Waals surface area contributed by atoms with Crippen LogP contribution in [0.3, 0.4) is 0 Å². The Morgan fingerprint density at radius 2 is 2.42 bits per heavy atom. The van der Waals surface area contributed by atoms with E-state index in [0.29, 0.717) is 18.8 Å². The SMILES string of the molecule is Cc1ccc(NC(=O)CCN)o1. The number of aryl methyl sites for hydroxylation is 1. The van der Waals surface area contributed by atoms with Crippen molar-refractivity contribution >= 4 is 11.8 Å². The van der Waals surface area contributed by atoms with Crippen LogP contribution in [0.4, 0.5) is 5.88 Å². The second-order valence-corrected chi connectivity index (χ2v) is 2.50. The topological polar surface area (TPSA) is 68.3 Å². The molecule has 0 atom stereocenters. The molecule has 0 unspecified atom stereocenters. The largest absolute Gasteiger partial charge is 0.446 e. The van der Waals surface area contributed by atoms with Crippen molar-refractivity contribution in [3.05, 3.63) is 17.9 Å². The number of nitrogens with one attached hydrogen (secondary N) is 1. The Bertz CT molecular complexity index is 268. The molecule has 1 aromatic heterocycles. The van der Waals surface area contributed by atoms with Gasteiger partial charge in [0.15, 0.2) is 5.88 Å². The third kappa shape index (κ3) is 2.39. The molecule has 0 aliphatic carbocycles. The predicted octanol–water partition coefficient (Wildman–Crippen LogP) is 0.875. The van der Waals surface area contributed by atoms with Gasteiger partial charge in [0.05, 0.1) is 0 Å². The van der Waals surface area contributed by atoms with Gasteiger partial charge in [-0.2, -0.15) is 0 Å². The van der Waals surface area contributed by atoms with E-state index in [2.05, 4.69) is 5.32 Å². The smallest absolute Gasteiger partial charge is 0.227 e. The normalized spacial score (nSPS) is 9.83. The molecular weight excluding hydrogens is 156 g/mol. The number of anilines is 1. The minimum Gasteiger partial charge on any atom is -0.446 e. The van der Waals surface area contributed by atoms with Gasteiger partial charge in [0, 0.05) is 19.0 Å². The minimum absolute atomic E-state index is 0.119. The second-order valence-electron chi connectivity index (χ2n) is 2.50. The zero-order valence-electron chi connectivity index (χ0n) is 6.96. The van der Waals surface area contributed by atoms with Gasteiger partial charge < -0.3 is 10.2 Å². The number of hydrogen-bond acceptors (Lipinski definition) is 3. The summed E-state index contributed by atoms with van der Waals surface area (Å²) >= 11 is 0. The highest BCUT2D eigenvalue weighted by atomic mass is 16.4. The summed E-state index contributed by atoms with van der Waals surface area (Å²) < 4.78 is 5.13. The van der Waals surface area contributed by atoms with E-state index in [0.717, 1.165) is 5.76 Å². The van der Waals surface area contributed by atoms with Gasteiger partial charge in [-0.1, -0.05) is 0 Å². The number of nitrogens with two attached hydrogens (primary N) is 1. The van der Waals surface area contributed by atoms with Crippen molar-refractivity contribution in [3.8, 4) is 0 Å². The molecule has 1 aromatic rings. The molecule has 1 amide bonds. The van der Waals surface area contributed by atoms with Gasteiger partial charge in [-0.25, -0.2) is 0 Å². The lowest BCUT2D eigenvalue weighted by Gasteiger charge is -1.98. The summed E-state index contributed by atoms with van der Waals surface area (Å²) in [5.41, 5.74) is 5.20. The van der Waals surface area contributed by atoms with Gasteiger partial charge in [0.1, 0.15) is 5.76 Å². The Kier molecular flexibility index (Phi) is 2.88. The Labute approximate surface area is 70.7 Å². The maximum Gasteiger partial charge on any atom is 0.227 e. The molecule has 0 aromatic carbocycles. The Balaban J connectivity index is 2.46. The monoisotopic (exact) mass is 168 g/mol. The van der Waals surface area contributed by atoms with Gasteiger partial charge >= 0.3 is 0 Å². The first-order valence-electron chi connectivity index (χ1n) is 3.78. The molecule has 0 radical (unpaired) electrons. The van der Waals surface area contributed by atoms with E-state index in [4.69, 9.17) is 10.2 Å². The van der Waals surface area contributed by atoms with Crippen LogP contribution in [0.1, 0.15) is 12.2 Å². The van der Waals surface area contributed by atoms with Gasteiger partial charge in [-0.3, -0.25) is 10.1 Å². The number of furan rings is 1. The summed E-state index contributed by atoms with van der Waals surface area (Å²) in [7, 11) is 0. The molecule has 0 fully saturated rings. The molecule has 0 saturated heterocycles. The lowest BCUT2D eigenvalue weighted by atomic mass is 10.4. The lowest BCUT2D eigenvalue weighted by Crippen LogP contribution is -2.15. The minimum atomic E-state index is -0.119. The van der Waals surface area contributed by atoms with Gasteiger partial charge in [-0.05, 0) is 13.0 Å². The number of hydrogen-bond donors (Lipinski definition) is 2. The summed E-state index contributed by atoms with van der Waals surface area (Å²) in [5.74, 6) is 1.14. The fourth-order valence-corrected chi connectivity index (χ4v) is 0.833. The molecule has 0 bridgehead atoms. The first kappa shape index (κ1) is 8.80. The van der Waals surface area contributed by atoms with Crippen LogP contribution in [0, 0.1) is 6.92 Å². The third-order valence-corrected chi connectivity index (χ3v) is 1.37. The molecule has 4 heteroatoms. The molecule has 12 heavy (non-hydrogen) atoms. The van der Waals surface area contributed by atoms with Crippen LogP contribution in [0.25, 0.3) is 0 Å². The van der Waals surface area contributed by atoms with Crippen LogP contribution in [0.15, 0.2) is 16.5 Å². The van der Waals surface area contributed by atoms with Crippen molar-refractivity contribution in [3.63, 3.8) is 0 Å². The van der Waals surface area contributed by atoms with Crippen LogP contribution < -0.4 is 11.1 Å². The predicted molar refractivity (Wildman–Crippen MR) is 45.7 cm³/mol. The molecule has 66 valence electrons. The zero-order chi connectivity index (χ0) is 8.97. The molecule has 0 saturated carbocycles. The van der Waals surface area contributed by atoms with Crippen molar-refractivity contribution in [2.24, 2.45) is 5.73 Å². The van der Waals surface area contributed by atoms with Crippen LogP contribution in [0.2, 0.25) is 0 Å². The van der Waals surface area contributed by atoms with Crippen molar-refractivity contribution in [1.82, 2.24) is 0 Å². The molecule has 4 nitrogen and oxygen atoms in total. The highest BCUT2D eigenvalue weighted by molar-refractivity contribution is 5.89. The van der Waals surface area contributed by atoms with Crippen LogP contribution >= 0.6 is 0 Å². The standard InChI is InChI=1S/C8H12N2O2/c1-6-2-3-8(12-6)10-7(11)4-5-9/h2-3H,4-5,9H2,1H3,(H,10,11). The molecule has 3 N–H and O–H groups in total. The lowest BCUT2D eigenvalue weighted by molar-refractivity contribution is -0.116. The van der Waals surface area contributed by atoms with Crippen molar-refractivity contribution in [1.29, 1.82) is 0 Å². The number of carbonyl (C=O) groups excluding carboxylic acids is 1. The van der Waals surface area contributed by atoms with Gasteiger partial charge in [0.2, 0.25) is 5.91 Å². The maximum absolute atomic E-state index is 11.0. The van der Waals surface area contributed by atoms with E-state index in [-0.39, 0.29) is 5.91 Å². The van der Waals surface area contributed by atoms with E-state index < -0.39 is 0 Å². The Morgan fingerprint density at radius 3 is 2.92 bits per heavy atom. The van der Waals surface area contributed by atoms with Crippen LogP contribution in [-0.2, 0) is 4.79 Å². The van der Waals surface area contributed by atoms with Crippen molar-refractivity contribution < 1.29 is 9.21 Å². The molecule has 0 aliphatic rings. The number of amides is 1. The number of carbonyl (C=O) groups is 1. The fourth-order valence-electron chi connectivity index (χ4n) is 0.833. The first-order valence-corrected chi connectivity index (χ1v) is 3.78. The fraction of sp³-hybridized carbons (Fsp3) is 0.375. The first-order chi connectivity index (χ1) is 5.72. The van der Waals surface area contributed by atoms with E-state index in [1.807, 2.05) is 6.92 Å². The third-order valence-electron chi connectivity index (χ3n) is 1.37. The number of rotatable bonds is 3. The summed E-state index contributed by atoms with van der Waals surface area (Å²) in [6.07, 6.45) is 0.319. The Hall–Kier alpha value is -1.29. The summed E-state index contributed by atoms with van der Waals surface area (Å²) in [4.78, 5) is 11.0. The van der Waals surface area contributed by atoms with Crippen LogP contribution in [0.5, 0.6) is 0 Å². The van der Waals surface area contributed by atoms with Gasteiger partial charge in [0.25, 0.3) is 0 Å². The average molecular weight is 168 g/mol. The van der Waals surface area contributed by atoms with E-state index in [1.165, 1.54) is 0 Å². The molecule has 0 aliphatic heterocycles. The second kappa shape index (κ2) is 3.92. The molecule has 1 heterocycles. The molecule has 0 spiro atoms.